The lowest BCUT2D eigenvalue weighted by Gasteiger charge is -2.09. The third-order valence-corrected chi connectivity index (χ3v) is 4.11. The molecule has 9 heteroatoms. The zero-order valence-electron chi connectivity index (χ0n) is 8.30. The Bertz CT molecular complexity index is 423. The highest BCUT2D eigenvalue weighted by molar-refractivity contribution is 7.93. The lowest BCUT2D eigenvalue weighted by Crippen LogP contribution is -2.40. The van der Waals surface area contributed by atoms with E-state index in [0.29, 0.717) is 0 Å². The molecule has 0 aromatic carbocycles. The lowest BCUT2D eigenvalue weighted by atomic mass is 10.4. The number of rotatable bonds is 6. The molecule has 15 heavy (non-hydrogen) atoms. The summed E-state index contributed by atoms with van der Waals surface area (Å²) >= 11 is 0. The number of aliphatic carboxylic acids is 1. The van der Waals surface area contributed by atoms with Gasteiger partial charge in [0.15, 0.2) is 0 Å². The number of nitrogens with one attached hydrogen (secondary N) is 1. The number of hydrogen-bond acceptors (Lipinski definition) is 5. The molecule has 0 saturated heterocycles. The van der Waals surface area contributed by atoms with Crippen LogP contribution < -0.4 is 4.72 Å². The number of carboxylic acids is 1. The predicted octanol–water partition coefficient (Wildman–Crippen LogP) is -1.58. The van der Waals surface area contributed by atoms with E-state index in [0.717, 1.165) is 13.2 Å². The van der Waals surface area contributed by atoms with Crippen LogP contribution in [0.15, 0.2) is 0 Å². The highest BCUT2D eigenvalue weighted by atomic mass is 32.2. The van der Waals surface area contributed by atoms with Crippen molar-refractivity contribution >= 4 is 25.8 Å². The maximum Gasteiger partial charge on any atom is 0.321 e. The molecule has 0 aliphatic carbocycles. The molecular weight excluding hydrogens is 246 g/mol. The first-order valence-electron chi connectivity index (χ1n) is 3.94. The zero-order valence-corrected chi connectivity index (χ0v) is 9.93. The summed E-state index contributed by atoms with van der Waals surface area (Å²) in [6, 6.07) is -1.27. The SMILES string of the molecule is C[C@H](NS(=O)(=O)CCS(C)(=O)=O)C(=O)O. The lowest BCUT2D eigenvalue weighted by molar-refractivity contribution is -0.138. The molecule has 0 aromatic heterocycles. The van der Waals surface area contributed by atoms with Gasteiger partial charge in [-0.15, -0.1) is 0 Å². The van der Waals surface area contributed by atoms with Gasteiger partial charge in [0.1, 0.15) is 15.9 Å². The highest BCUT2D eigenvalue weighted by Crippen LogP contribution is 1.93. The van der Waals surface area contributed by atoms with Crippen molar-refractivity contribution in [3.63, 3.8) is 0 Å². The molecular formula is C6H13NO6S2. The second kappa shape index (κ2) is 4.90. The van der Waals surface area contributed by atoms with Crippen LogP contribution in [-0.4, -0.2) is 51.7 Å². The number of carboxylic acid groups (broad SMARTS) is 1. The van der Waals surface area contributed by atoms with Gasteiger partial charge in [0.2, 0.25) is 10.0 Å². The Balaban J connectivity index is 4.40. The third kappa shape index (κ3) is 7.28. The highest BCUT2D eigenvalue weighted by Gasteiger charge is 2.20. The van der Waals surface area contributed by atoms with Gasteiger partial charge in [-0.1, -0.05) is 0 Å². The van der Waals surface area contributed by atoms with Gasteiger partial charge in [0.25, 0.3) is 0 Å². The summed E-state index contributed by atoms with van der Waals surface area (Å²) in [6.45, 7) is 1.15. The van der Waals surface area contributed by atoms with Gasteiger partial charge in [0, 0.05) is 6.26 Å². The summed E-state index contributed by atoms with van der Waals surface area (Å²) in [4.78, 5) is 10.3. The molecule has 0 heterocycles. The molecule has 0 spiro atoms. The van der Waals surface area contributed by atoms with Crippen molar-refractivity contribution < 1.29 is 26.7 Å². The molecule has 0 aliphatic heterocycles. The van der Waals surface area contributed by atoms with Crippen molar-refractivity contribution in [2.75, 3.05) is 17.8 Å². The maximum absolute atomic E-state index is 11.2. The van der Waals surface area contributed by atoms with E-state index in [1.54, 1.807) is 0 Å². The minimum absolute atomic E-state index is 0.533. The van der Waals surface area contributed by atoms with E-state index in [9.17, 15) is 21.6 Å². The minimum atomic E-state index is -3.87. The molecule has 90 valence electrons. The van der Waals surface area contributed by atoms with Crippen LogP contribution >= 0.6 is 0 Å². The number of hydrogen-bond donors (Lipinski definition) is 2. The Kier molecular flexibility index (Phi) is 4.68. The number of carbonyl (C=O) groups is 1. The fourth-order valence-electron chi connectivity index (χ4n) is 0.640. The predicted molar refractivity (Wildman–Crippen MR) is 53.7 cm³/mol. The van der Waals surface area contributed by atoms with Crippen LogP contribution in [0, 0.1) is 0 Å². The summed E-state index contributed by atoms with van der Waals surface area (Å²) < 4.78 is 45.5. The molecule has 0 radical (unpaired) electrons. The topological polar surface area (TPSA) is 118 Å². The van der Waals surface area contributed by atoms with Crippen LogP contribution in [0.4, 0.5) is 0 Å². The first kappa shape index (κ1) is 14.3. The molecule has 0 rings (SSSR count). The molecule has 0 fully saturated rings. The van der Waals surface area contributed by atoms with Gasteiger partial charge in [-0.05, 0) is 6.92 Å². The van der Waals surface area contributed by atoms with Crippen LogP contribution in [0.5, 0.6) is 0 Å². The Morgan fingerprint density at radius 2 is 1.73 bits per heavy atom. The van der Waals surface area contributed by atoms with E-state index in [1.165, 1.54) is 0 Å². The van der Waals surface area contributed by atoms with Crippen molar-refractivity contribution in [3.05, 3.63) is 0 Å². The van der Waals surface area contributed by atoms with E-state index in [1.807, 2.05) is 4.72 Å². The molecule has 0 bridgehead atoms. The average molecular weight is 259 g/mol. The quantitative estimate of drug-likeness (QED) is 0.594. The fraction of sp³-hybridized carbons (Fsp3) is 0.833. The zero-order chi connectivity index (χ0) is 12.3. The first-order valence-corrected chi connectivity index (χ1v) is 7.65. The summed E-state index contributed by atoms with van der Waals surface area (Å²) in [5.74, 6) is -2.49. The molecule has 0 saturated carbocycles. The van der Waals surface area contributed by atoms with Gasteiger partial charge >= 0.3 is 5.97 Å². The van der Waals surface area contributed by atoms with E-state index < -0.39 is 43.4 Å². The average Bonchev–Trinajstić information content (AvgIpc) is 1.99. The molecule has 0 amide bonds. The summed E-state index contributed by atoms with van der Waals surface area (Å²) in [7, 11) is -7.25. The minimum Gasteiger partial charge on any atom is -0.480 e. The number of sulfone groups is 1. The first-order chi connectivity index (χ1) is 6.53. The van der Waals surface area contributed by atoms with Gasteiger partial charge in [-0.3, -0.25) is 4.79 Å². The van der Waals surface area contributed by atoms with Crippen molar-refractivity contribution in [1.82, 2.24) is 4.72 Å². The molecule has 1 atom stereocenters. The van der Waals surface area contributed by atoms with Crippen molar-refractivity contribution in [1.29, 1.82) is 0 Å². The van der Waals surface area contributed by atoms with Gasteiger partial charge in [-0.2, -0.15) is 0 Å². The van der Waals surface area contributed by atoms with Crippen LogP contribution in [0.25, 0.3) is 0 Å². The maximum atomic E-state index is 11.2. The van der Waals surface area contributed by atoms with Crippen LogP contribution in [0.1, 0.15) is 6.92 Å². The van der Waals surface area contributed by atoms with Gasteiger partial charge in [0.05, 0.1) is 11.5 Å². The smallest absolute Gasteiger partial charge is 0.321 e. The van der Waals surface area contributed by atoms with Gasteiger partial charge < -0.3 is 5.11 Å². The summed E-state index contributed by atoms with van der Waals surface area (Å²) in [5.41, 5.74) is 0. The largest absolute Gasteiger partial charge is 0.480 e. The Morgan fingerprint density at radius 1 is 1.27 bits per heavy atom. The normalized spacial score (nSPS) is 14.8. The van der Waals surface area contributed by atoms with Crippen LogP contribution in [0.2, 0.25) is 0 Å². The monoisotopic (exact) mass is 259 g/mol. The van der Waals surface area contributed by atoms with Crippen molar-refractivity contribution in [3.8, 4) is 0 Å². The Labute approximate surface area is 88.5 Å². The van der Waals surface area contributed by atoms with Crippen LogP contribution in [0.3, 0.4) is 0 Å². The van der Waals surface area contributed by atoms with E-state index in [4.69, 9.17) is 5.11 Å². The Morgan fingerprint density at radius 3 is 2.07 bits per heavy atom. The molecule has 7 nitrogen and oxygen atoms in total. The second-order valence-corrected chi connectivity index (χ2v) is 7.26. The fourth-order valence-corrected chi connectivity index (χ4v) is 3.49. The van der Waals surface area contributed by atoms with Crippen molar-refractivity contribution in [2.24, 2.45) is 0 Å². The van der Waals surface area contributed by atoms with E-state index in [-0.39, 0.29) is 0 Å². The van der Waals surface area contributed by atoms with E-state index >= 15 is 0 Å². The molecule has 0 aliphatic rings. The van der Waals surface area contributed by atoms with Crippen molar-refractivity contribution in [2.45, 2.75) is 13.0 Å². The third-order valence-electron chi connectivity index (χ3n) is 1.45. The second-order valence-electron chi connectivity index (χ2n) is 3.13. The molecule has 0 unspecified atom stereocenters. The molecule has 2 N–H and O–H groups in total. The standard InChI is InChI=1S/C6H13NO6S2/c1-5(6(8)9)7-15(12,13)4-3-14(2,10)11/h5,7H,3-4H2,1-2H3,(H,8,9)/t5-/m0/s1. The Hall–Kier alpha value is -0.670. The molecule has 0 aromatic rings. The summed E-state index contributed by atoms with van der Waals surface area (Å²) in [5, 5.41) is 8.43. The number of sulfonamides is 1. The summed E-state index contributed by atoms with van der Waals surface area (Å²) in [6.07, 6.45) is 0.906. The van der Waals surface area contributed by atoms with E-state index in [2.05, 4.69) is 0 Å². The van der Waals surface area contributed by atoms with Gasteiger partial charge in [-0.25, -0.2) is 21.6 Å². The van der Waals surface area contributed by atoms with Crippen LogP contribution in [-0.2, 0) is 24.7 Å².